The van der Waals surface area contributed by atoms with Crippen LogP contribution in [-0.4, -0.2) is 36.1 Å². The molecule has 0 atom stereocenters. The van der Waals surface area contributed by atoms with Crippen molar-refractivity contribution in [2.45, 2.75) is 40.7 Å². The minimum Gasteiger partial charge on any atom is -0.368 e. The van der Waals surface area contributed by atoms with Crippen LogP contribution in [0.15, 0.2) is 6.07 Å². The third-order valence-corrected chi connectivity index (χ3v) is 2.87. The molecule has 1 rings (SSSR count). The summed E-state index contributed by atoms with van der Waals surface area (Å²) in [6.45, 7) is 11.9. The van der Waals surface area contributed by atoms with Gasteiger partial charge in [-0.15, -0.1) is 0 Å². The monoisotopic (exact) mass is 265 g/mol. The number of aryl methyl sites for hydroxylation is 1. The second-order valence-corrected chi connectivity index (χ2v) is 6.18. The molecule has 108 valence electrons. The molecule has 3 N–H and O–H groups in total. The lowest BCUT2D eigenvalue weighted by atomic mass is 9.93. The predicted octanol–water partition coefficient (Wildman–Crippen LogP) is 2.03. The van der Waals surface area contributed by atoms with E-state index in [1.54, 1.807) is 0 Å². The lowest BCUT2D eigenvalue weighted by Gasteiger charge is -2.30. The first-order valence-corrected chi connectivity index (χ1v) is 6.77. The van der Waals surface area contributed by atoms with Crippen molar-refractivity contribution in [3.8, 4) is 0 Å². The van der Waals surface area contributed by atoms with E-state index in [-0.39, 0.29) is 5.41 Å². The van der Waals surface area contributed by atoms with Crippen LogP contribution < -0.4 is 16.0 Å². The largest absolute Gasteiger partial charge is 0.368 e. The first kappa shape index (κ1) is 15.7. The molecular weight excluding hydrogens is 238 g/mol. The third-order valence-electron chi connectivity index (χ3n) is 2.87. The number of nitrogens with two attached hydrogens (primary N) is 1. The summed E-state index contributed by atoms with van der Waals surface area (Å²) in [4.78, 5) is 11.0. The van der Waals surface area contributed by atoms with Gasteiger partial charge in [-0.25, -0.2) is 9.97 Å². The van der Waals surface area contributed by atoms with Gasteiger partial charge in [0.25, 0.3) is 0 Å². The molecule has 0 aromatic carbocycles. The number of nitrogens with zero attached hydrogens (tertiary/aromatic N) is 3. The maximum absolute atomic E-state index is 5.79. The second kappa shape index (κ2) is 6.19. The van der Waals surface area contributed by atoms with Crippen molar-refractivity contribution >= 4 is 11.6 Å². The highest BCUT2D eigenvalue weighted by molar-refractivity contribution is 5.49. The zero-order valence-electron chi connectivity index (χ0n) is 13.0. The van der Waals surface area contributed by atoms with Crippen molar-refractivity contribution in [3.05, 3.63) is 11.9 Å². The van der Waals surface area contributed by atoms with Gasteiger partial charge in [-0.3, -0.25) is 0 Å². The summed E-state index contributed by atoms with van der Waals surface area (Å²) in [6.07, 6.45) is 0. The van der Waals surface area contributed by atoms with E-state index in [9.17, 15) is 0 Å². The molecule has 0 aliphatic carbocycles. The van der Waals surface area contributed by atoms with Crippen LogP contribution >= 0.6 is 0 Å². The molecule has 0 aliphatic heterocycles. The van der Waals surface area contributed by atoms with Crippen molar-refractivity contribution in [3.63, 3.8) is 0 Å². The molecule has 0 radical (unpaired) electrons. The summed E-state index contributed by atoms with van der Waals surface area (Å²) in [5, 5.41) is 3.32. The van der Waals surface area contributed by atoms with Crippen molar-refractivity contribution in [1.82, 2.24) is 9.97 Å². The van der Waals surface area contributed by atoms with Crippen molar-refractivity contribution in [2.24, 2.45) is 11.1 Å². The van der Waals surface area contributed by atoms with Gasteiger partial charge in [-0.1, -0.05) is 13.8 Å². The fourth-order valence-corrected chi connectivity index (χ4v) is 1.90. The fraction of sp³-hybridized carbons (Fsp3) is 0.714. The molecule has 0 unspecified atom stereocenters. The van der Waals surface area contributed by atoms with Gasteiger partial charge in [0.1, 0.15) is 17.5 Å². The highest BCUT2D eigenvalue weighted by Crippen LogP contribution is 2.20. The summed E-state index contributed by atoms with van der Waals surface area (Å²) in [5.74, 6) is 2.57. The fourth-order valence-electron chi connectivity index (χ4n) is 1.90. The molecule has 0 aliphatic rings. The van der Waals surface area contributed by atoms with Crippen LogP contribution in [0.1, 0.15) is 33.5 Å². The summed E-state index contributed by atoms with van der Waals surface area (Å²) in [6, 6.07) is 2.34. The Labute approximate surface area is 116 Å². The van der Waals surface area contributed by atoms with Crippen molar-refractivity contribution < 1.29 is 0 Å². The Kier molecular flexibility index (Phi) is 5.11. The van der Waals surface area contributed by atoms with E-state index in [4.69, 9.17) is 5.73 Å². The standard InChI is InChI=1S/C14H27N5/c1-10(2)16-12-7-13(18-11(3)17-12)19(6)9-14(4,5)8-15/h7,10H,8-9,15H2,1-6H3,(H,16,17,18). The average molecular weight is 265 g/mol. The highest BCUT2D eigenvalue weighted by Gasteiger charge is 2.19. The number of hydrogen-bond donors (Lipinski definition) is 2. The molecule has 0 amide bonds. The first-order chi connectivity index (χ1) is 8.73. The first-order valence-electron chi connectivity index (χ1n) is 6.77. The molecule has 1 aromatic rings. The molecule has 0 saturated heterocycles. The van der Waals surface area contributed by atoms with E-state index in [0.29, 0.717) is 12.6 Å². The molecule has 1 aromatic heterocycles. The minimum absolute atomic E-state index is 0.0687. The molecule has 19 heavy (non-hydrogen) atoms. The number of aromatic nitrogens is 2. The molecule has 1 heterocycles. The molecular formula is C14H27N5. The van der Waals surface area contributed by atoms with E-state index in [0.717, 1.165) is 24.0 Å². The number of anilines is 2. The minimum atomic E-state index is 0.0687. The van der Waals surface area contributed by atoms with Gasteiger partial charge in [0.05, 0.1) is 0 Å². The molecule has 5 heteroatoms. The topological polar surface area (TPSA) is 67.1 Å². The van der Waals surface area contributed by atoms with Crippen molar-refractivity contribution in [1.29, 1.82) is 0 Å². The maximum atomic E-state index is 5.79. The zero-order valence-corrected chi connectivity index (χ0v) is 13.0. The summed E-state index contributed by atoms with van der Waals surface area (Å²) >= 11 is 0. The lowest BCUT2D eigenvalue weighted by Crippen LogP contribution is -2.37. The maximum Gasteiger partial charge on any atom is 0.134 e. The molecule has 0 bridgehead atoms. The Morgan fingerprint density at radius 2 is 2.00 bits per heavy atom. The van der Waals surface area contributed by atoms with Gasteiger partial charge >= 0.3 is 0 Å². The zero-order chi connectivity index (χ0) is 14.6. The summed E-state index contributed by atoms with van der Waals surface area (Å²) in [7, 11) is 2.04. The van der Waals surface area contributed by atoms with Gasteiger partial charge in [-0.05, 0) is 32.7 Å². The predicted molar refractivity (Wildman–Crippen MR) is 81.6 cm³/mol. The van der Waals surface area contributed by atoms with E-state index in [1.165, 1.54) is 0 Å². The van der Waals surface area contributed by atoms with Gasteiger partial charge in [0.15, 0.2) is 0 Å². The Hall–Kier alpha value is -1.36. The average Bonchev–Trinajstić information content (AvgIpc) is 2.26. The molecule has 0 spiro atoms. The van der Waals surface area contributed by atoms with Gasteiger partial charge < -0.3 is 16.0 Å². The van der Waals surface area contributed by atoms with Crippen molar-refractivity contribution in [2.75, 3.05) is 30.4 Å². The Morgan fingerprint density at radius 1 is 1.37 bits per heavy atom. The quantitative estimate of drug-likeness (QED) is 0.824. The Morgan fingerprint density at radius 3 is 2.53 bits per heavy atom. The van der Waals surface area contributed by atoms with Crippen LogP contribution in [0.25, 0.3) is 0 Å². The van der Waals surface area contributed by atoms with E-state index in [2.05, 4.69) is 47.9 Å². The van der Waals surface area contributed by atoms with Crippen LogP contribution in [0.2, 0.25) is 0 Å². The van der Waals surface area contributed by atoms with Crippen LogP contribution in [0, 0.1) is 12.3 Å². The highest BCUT2D eigenvalue weighted by atomic mass is 15.2. The number of nitrogens with one attached hydrogen (secondary N) is 1. The lowest BCUT2D eigenvalue weighted by molar-refractivity contribution is 0.384. The summed E-state index contributed by atoms with van der Waals surface area (Å²) in [5.41, 5.74) is 5.86. The Bertz CT molecular complexity index is 414. The number of rotatable bonds is 6. The van der Waals surface area contributed by atoms with Crippen LogP contribution in [0.5, 0.6) is 0 Å². The van der Waals surface area contributed by atoms with E-state index >= 15 is 0 Å². The molecule has 0 saturated carbocycles. The van der Waals surface area contributed by atoms with Crippen LogP contribution in [0.4, 0.5) is 11.6 Å². The van der Waals surface area contributed by atoms with Crippen LogP contribution in [0.3, 0.4) is 0 Å². The van der Waals surface area contributed by atoms with E-state index in [1.807, 2.05) is 20.0 Å². The normalized spacial score (nSPS) is 11.8. The van der Waals surface area contributed by atoms with Gasteiger partial charge in [0, 0.05) is 25.7 Å². The van der Waals surface area contributed by atoms with Gasteiger partial charge in [0.2, 0.25) is 0 Å². The third kappa shape index (κ3) is 5.03. The number of hydrogen-bond acceptors (Lipinski definition) is 5. The Balaban J connectivity index is 2.90. The SMILES string of the molecule is Cc1nc(NC(C)C)cc(N(C)CC(C)(C)CN)n1. The van der Waals surface area contributed by atoms with E-state index < -0.39 is 0 Å². The van der Waals surface area contributed by atoms with Crippen LogP contribution in [-0.2, 0) is 0 Å². The van der Waals surface area contributed by atoms with Gasteiger partial charge in [-0.2, -0.15) is 0 Å². The second-order valence-electron chi connectivity index (χ2n) is 6.18. The molecule has 5 nitrogen and oxygen atoms in total. The smallest absolute Gasteiger partial charge is 0.134 e. The summed E-state index contributed by atoms with van der Waals surface area (Å²) < 4.78 is 0. The molecule has 0 fully saturated rings.